The van der Waals surface area contributed by atoms with Gasteiger partial charge in [0.15, 0.2) is 6.61 Å². The predicted octanol–water partition coefficient (Wildman–Crippen LogP) is 2.86. The smallest absolute Gasteiger partial charge is 0.262 e. The van der Waals surface area contributed by atoms with Crippen LogP contribution in [0.4, 0.5) is 10.1 Å². The van der Waals surface area contributed by atoms with Crippen LogP contribution in [0.5, 0.6) is 11.5 Å². The topological polar surface area (TPSA) is 76.7 Å². The lowest BCUT2D eigenvalue weighted by Gasteiger charge is -2.12. The fourth-order valence-corrected chi connectivity index (χ4v) is 2.16. The maximum Gasteiger partial charge on any atom is 0.262 e. The van der Waals surface area contributed by atoms with Gasteiger partial charge in [0.2, 0.25) is 0 Å². The van der Waals surface area contributed by atoms with E-state index in [0.717, 1.165) is 6.07 Å². The van der Waals surface area contributed by atoms with E-state index >= 15 is 0 Å². The van der Waals surface area contributed by atoms with Crippen molar-refractivity contribution in [2.75, 3.05) is 26.1 Å². The third kappa shape index (κ3) is 4.84. The van der Waals surface area contributed by atoms with Crippen LogP contribution in [-0.2, 0) is 4.79 Å². The van der Waals surface area contributed by atoms with Crippen LogP contribution in [0.15, 0.2) is 36.4 Å². The second-order valence-electron chi connectivity index (χ2n) is 4.91. The molecule has 0 fully saturated rings. The second kappa shape index (κ2) is 8.34. The number of methoxy groups -OCH3 is 1. The van der Waals surface area contributed by atoms with Gasteiger partial charge in [-0.15, -0.1) is 0 Å². The Bertz CT molecular complexity index is 798. The molecule has 0 aliphatic rings. The quantitative estimate of drug-likeness (QED) is 0.824. The highest BCUT2D eigenvalue weighted by Crippen LogP contribution is 2.26. The highest BCUT2D eigenvalue weighted by molar-refractivity contribution is 6.30. The number of hydrogen-bond acceptors (Lipinski definition) is 4. The lowest BCUT2D eigenvalue weighted by Crippen LogP contribution is -2.22. The lowest BCUT2D eigenvalue weighted by atomic mass is 10.1. The number of halogens is 2. The third-order valence-electron chi connectivity index (χ3n) is 3.22. The molecule has 25 heavy (non-hydrogen) atoms. The van der Waals surface area contributed by atoms with E-state index in [1.54, 1.807) is 12.1 Å². The van der Waals surface area contributed by atoms with Crippen LogP contribution in [0.2, 0.25) is 5.02 Å². The first-order valence-electron chi connectivity index (χ1n) is 7.22. The molecule has 0 saturated heterocycles. The Morgan fingerprint density at radius 3 is 2.60 bits per heavy atom. The molecule has 0 aromatic heterocycles. The zero-order chi connectivity index (χ0) is 18.4. The largest absolute Gasteiger partial charge is 0.495 e. The van der Waals surface area contributed by atoms with Crippen molar-refractivity contribution in [1.29, 1.82) is 0 Å². The average Bonchev–Trinajstić information content (AvgIpc) is 2.62. The molecule has 2 aromatic rings. The summed E-state index contributed by atoms with van der Waals surface area (Å²) in [4.78, 5) is 23.7. The van der Waals surface area contributed by atoms with Crippen molar-refractivity contribution in [3.05, 3.63) is 52.8 Å². The minimum Gasteiger partial charge on any atom is -0.495 e. The number of rotatable bonds is 6. The van der Waals surface area contributed by atoms with Gasteiger partial charge in [-0.05, 0) is 30.3 Å². The average molecular weight is 367 g/mol. The summed E-state index contributed by atoms with van der Waals surface area (Å²) in [7, 11) is 2.95. The minimum atomic E-state index is -0.575. The van der Waals surface area contributed by atoms with E-state index in [-0.39, 0.29) is 23.3 Å². The number of hydrogen-bond donors (Lipinski definition) is 2. The normalized spacial score (nSPS) is 10.1. The molecule has 2 rings (SSSR count). The van der Waals surface area contributed by atoms with Gasteiger partial charge in [0.05, 0.1) is 17.8 Å². The molecule has 2 amide bonds. The first-order chi connectivity index (χ1) is 11.9. The van der Waals surface area contributed by atoms with Gasteiger partial charge in [-0.3, -0.25) is 9.59 Å². The Hall–Kier alpha value is -2.80. The van der Waals surface area contributed by atoms with E-state index in [1.807, 2.05) is 0 Å². The fraction of sp³-hybridized carbons (Fsp3) is 0.176. The number of nitrogens with one attached hydrogen (secondary N) is 2. The van der Waals surface area contributed by atoms with Crippen molar-refractivity contribution in [2.45, 2.75) is 0 Å². The molecule has 8 heteroatoms. The molecule has 0 aliphatic carbocycles. The van der Waals surface area contributed by atoms with Crippen LogP contribution in [0.1, 0.15) is 10.4 Å². The monoisotopic (exact) mass is 366 g/mol. The summed E-state index contributed by atoms with van der Waals surface area (Å²) < 4.78 is 23.5. The van der Waals surface area contributed by atoms with Gasteiger partial charge in [0.1, 0.15) is 17.3 Å². The van der Waals surface area contributed by atoms with Gasteiger partial charge in [-0.1, -0.05) is 11.6 Å². The van der Waals surface area contributed by atoms with Gasteiger partial charge >= 0.3 is 0 Å². The van der Waals surface area contributed by atoms with Gasteiger partial charge in [-0.2, -0.15) is 0 Å². The van der Waals surface area contributed by atoms with Crippen molar-refractivity contribution in [3.8, 4) is 11.5 Å². The number of benzene rings is 2. The Morgan fingerprint density at radius 1 is 1.20 bits per heavy atom. The molecule has 132 valence electrons. The minimum absolute atomic E-state index is 0.0992. The fourth-order valence-electron chi connectivity index (χ4n) is 1.99. The van der Waals surface area contributed by atoms with E-state index in [2.05, 4.69) is 10.6 Å². The Labute approximate surface area is 148 Å². The molecule has 2 N–H and O–H groups in total. The Kier molecular flexibility index (Phi) is 6.19. The number of anilines is 1. The molecule has 2 aromatic carbocycles. The van der Waals surface area contributed by atoms with Gasteiger partial charge in [0, 0.05) is 18.7 Å². The van der Waals surface area contributed by atoms with Gasteiger partial charge in [0.25, 0.3) is 11.8 Å². The van der Waals surface area contributed by atoms with Crippen molar-refractivity contribution in [2.24, 2.45) is 0 Å². The van der Waals surface area contributed by atoms with Crippen LogP contribution in [-0.4, -0.2) is 32.6 Å². The first-order valence-corrected chi connectivity index (χ1v) is 7.60. The lowest BCUT2D eigenvalue weighted by molar-refractivity contribution is -0.118. The maximum atomic E-state index is 13.1. The van der Waals surface area contributed by atoms with E-state index in [0.29, 0.717) is 17.0 Å². The maximum absolute atomic E-state index is 13.1. The number of amides is 2. The summed E-state index contributed by atoms with van der Waals surface area (Å²) in [5.41, 5.74) is 0.694. The van der Waals surface area contributed by atoms with Crippen molar-refractivity contribution in [1.82, 2.24) is 5.32 Å². The standard InChI is InChI=1S/C17H16ClFN2O4/c1-20-17(23)10-3-6-15(24-2)14(7-10)21-16(22)9-25-11-4-5-13(19)12(18)8-11/h3-8H,9H2,1-2H3,(H,20,23)(H,21,22). The molecule has 0 atom stereocenters. The SMILES string of the molecule is CNC(=O)c1ccc(OC)c(NC(=O)COc2ccc(F)c(Cl)c2)c1. The predicted molar refractivity (Wildman–Crippen MR) is 91.9 cm³/mol. The molecule has 6 nitrogen and oxygen atoms in total. The van der Waals surface area contributed by atoms with E-state index in [9.17, 15) is 14.0 Å². The summed E-state index contributed by atoms with van der Waals surface area (Å²) in [5.74, 6) is -0.698. The summed E-state index contributed by atoms with van der Waals surface area (Å²) in [6.45, 7) is -0.324. The van der Waals surface area contributed by atoms with Crippen molar-refractivity contribution in [3.63, 3.8) is 0 Å². The van der Waals surface area contributed by atoms with Gasteiger partial charge in [-0.25, -0.2) is 4.39 Å². The first kappa shape index (κ1) is 18.5. The van der Waals surface area contributed by atoms with Crippen LogP contribution in [0.3, 0.4) is 0 Å². The van der Waals surface area contributed by atoms with E-state index in [4.69, 9.17) is 21.1 Å². The van der Waals surface area contributed by atoms with Crippen LogP contribution in [0.25, 0.3) is 0 Å². The van der Waals surface area contributed by atoms with Gasteiger partial charge < -0.3 is 20.1 Å². The van der Waals surface area contributed by atoms with Crippen LogP contribution in [0, 0.1) is 5.82 Å². The molecular formula is C17H16ClFN2O4. The van der Waals surface area contributed by atoms with Crippen molar-refractivity contribution < 1.29 is 23.5 Å². The molecule has 0 saturated carbocycles. The number of carbonyl (C=O) groups is 2. The number of carbonyl (C=O) groups excluding carboxylic acids is 2. The van der Waals surface area contributed by atoms with E-state index in [1.165, 1.54) is 32.4 Å². The van der Waals surface area contributed by atoms with Crippen LogP contribution < -0.4 is 20.1 Å². The Balaban J connectivity index is 2.06. The molecule has 0 bridgehead atoms. The van der Waals surface area contributed by atoms with Crippen LogP contribution >= 0.6 is 11.6 Å². The molecule has 0 spiro atoms. The highest BCUT2D eigenvalue weighted by Gasteiger charge is 2.12. The highest BCUT2D eigenvalue weighted by atomic mass is 35.5. The molecular weight excluding hydrogens is 351 g/mol. The summed E-state index contributed by atoms with van der Waals surface area (Å²) in [6.07, 6.45) is 0. The molecule has 0 radical (unpaired) electrons. The molecule has 0 aliphatic heterocycles. The zero-order valence-corrected chi connectivity index (χ0v) is 14.3. The summed E-state index contributed by atoms with van der Waals surface area (Å²) in [5, 5.41) is 5.00. The van der Waals surface area contributed by atoms with Crippen molar-refractivity contribution >= 4 is 29.1 Å². The zero-order valence-electron chi connectivity index (χ0n) is 13.6. The Morgan fingerprint density at radius 2 is 1.96 bits per heavy atom. The summed E-state index contributed by atoms with van der Waals surface area (Å²) in [6, 6.07) is 8.42. The third-order valence-corrected chi connectivity index (χ3v) is 3.51. The molecule has 0 unspecified atom stereocenters. The molecule has 0 heterocycles. The second-order valence-corrected chi connectivity index (χ2v) is 5.31. The van der Waals surface area contributed by atoms with E-state index < -0.39 is 11.7 Å². The number of ether oxygens (including phenoxy) is 2. The summed E-state index contributed by atoms with van der Waals surface area (Å²) >= 11 is 5.65.